The molecule has 0 radical (unpaired) electrons. The summed E-state index contributed by atoms with van der Waals surface area (Å²) in [7, 11) is 0. The van der Waals surface area contributed by atoms with Crippen LogP contribution in [0.4, 0.5) is 0 Å². The molecule has 0 amide bonds. The number of esters is 2. The molecule has 0 aliphatic heterocycles. The fraction of sp³-hybridized carbons (Fsp3) is 0.273. The third-order valence-electron chi connectivity index (χ3n) is 3.67. The molecule has 0 aliphatic rings. The number of benzene rings is 2. The molecule has 0 saturated heterocycles. The van der Waals surface area contributed by atoms with Crippen molar-refractivity contribution in [3.8, 4) is 11.5 Å². The van der Waals surface area contributed by atoms with Gasteiger partial charge in [0.25, 0.3) is 0 Å². The Hall–Kier alpha value is -3.28. The number of fused-ring (bicyclic) bond motifs is 1. The Morgan fingerprint density at radius 1 is 0.821 bits per heavy atom. The van der Waals surface area contributed by atoms with Crippen LogP contribution in [0.3, 0.4) is 0 Å². The first-order valence-electron chi connectivity index (χ1n) is 8.82. The molecule has 6 heteroatoms. The van der Waals surface area contributed by atoms with Gasteiger partial charge in [-0.2, -0.15) is 0 Å². The molecule has 2 aromatic rings. The lowest BCUT2D eigenvalue weighted by molar-refractivity contribution is -0.140. The molecule has 0 saturated carbocycles. The molecule has 0 fully saturated rings. The Kier molecular flexibility index (Phi) is 7.63. The first kappa shape index (κ1) is 21.0. The third-order valence-corrected chi connectivity index (χ3v) is 3.67. The molecule has 0 spiro atoms. The van der Waals surface area contributed by atoms with Crippen LogP contribution in [-0.4, -0.2) is 38.4 Å². The first-order valence-corrected chi connectivity index (χ1v) is 8.82. The van der Waals surface area contributed by atoms with E-state index in [-0.39, 0.29) is 26.4 Å². The van der Waals surface area contributed by atoms with Crippen LogP contribution in [0.2, 0.25) is 0 Å². The van der Waals surface area contributed by atoms with Crippen molar-refractivity contribution in [1.29, 1.82) is 0 Å². The van der Waals surface area contributed by atoms with Crippen molar-refractivity contribution in [2.45, 2.75) is 13.8 Å². The summed E-state index contributed by atoms with van der Waals surface area (Å²) in [6, 6.07) is 11.3. The van der Waals surface area contributed by atoms with Gasteiger partial charge in [-0.1, -0.05) is 31.4 Å². The van der Waals surface area contributed by atoms with E-state index in [9.17, 15) is 9.59 Å². The van der Waals surface area contributed by atoms with Gasteiger partial charge < -0.3 is 18.9 Å². The minimum Gasteiger partial charge on any atom is -0.490 e. The van der Waals surface area contributed by atoms with Crippen molar-refractivity contribution < 1.29 is 28.5 Å². The average molecular weight is 384 g/mol. The number of rotatable bonds is 10. The average Bonchev–Trinajstić information content (AvgIpc) is 2.68. The first-order chi connectivity index (χ1) is 13.4. The van der Waals surface area contributed by atoms with Gasteiger partial charge in [-0.25, -0.2) is 9.59 Å². The van der Waals surface area contributed by atoms with Gasteiger partial charge in [-0.3, -0.25) is 0 Å². The molecule has 2 rings (SSSR count). The second-order valence-corrected chi connectivity index (χ2v) is 6.17. The van der Waals surface area contributed by atoms with Crippen LogP contribution in [0.15, 0.2) is 60.7 Å². The van der Waals surface area contributed by atoms with Crippen molar-refractivity contribution in [2.24, 2.45) is 0 Å². The molecule has 0 heterocycles. The van der Waals surface area contributed by atoms with Crippen LogP contribution in [0.25, 0.3) is 10.8 Å². The second-order valence-electron chi connectivity index (χ2n) is 6.17. The second kappa shape index (κ2) is 10.2. The highest BCUT2D eigenvalue weighted by molar-refractivity contribution is 5.89. The summed E-state index contributed by atoms with van der Waals surface area (Å²) >= 11 is 0. The van der Waals surface area contributed by atoms with Crippen LogP contribution in [-0.2, 0) is 19.1 Å². The van der Waals surface area contributed by atoms with Gasteiger partial charge in [-0.05, 0) is 37.4 Å². The number of carbonyl (C=O) groups excluding carboxylic acids is 2. The monoisotopic (exact) mass is 384 g/mol. The molecule has 0 bridgehead atoms. The molecule has 0 unspecified atom stereocenters. The maximum absolute atomic E-state index is 11.4. The SMILES string of the molecule is C=C(C)C(=O)OCCOc1ccc2cccc(OCCOC(=O)C(=C)C)c2c1. The summed E-state index contributed by atoms with van der Waals surface area (Å²) in [5.41, 5.74) is 0.697. The van der Waals surface area contributed by atoms with Crippen molar-refractivity contribution in [3.05, 3.63) is 60.7 Å². The van der Waals surface area contributed by atoms with Crippen LogP contribution in [0.1, 0.15) is 13.8 Å². The van der Waals surface area contributed by atoms with Crippen molar-refractivity contribution >= 4 is 22.7 Å². The third kappa shape index (κ3) is 6.16. The zero-order valence-corrected chi connectivity index (χ0v) is 16.2. The van der Waals surface area contributed by atoms with Crippen molar-refractivity contribution in [1.82, 2.24) is 0 Å². The lowest BCUT2D eigenvalue weighted by Gasteiger charge is -2.12. The molecule has 2 aromatic carbocycles. The molecule has 0 aromatic heterocycles. The lowest BCUT2D eigenvalue weighted by Crippen LogP contribution is -2.12. The minimum atomic E-state index is -0.440. The summed E-state index contributed by atoms with van der Waals surface area (Å²) in [5, 5.41) is 1.85. The Labute approximate surface area is 164 Å². The van der Waals surface area contributed by atoms with E-state index in [4.69, 9.17) is 18.9 Å². The molecular formula is C22H24O6. The Bertz CT molecular complexity index is 884. The topological polar surface area (TPSA) is 71.1 Å². The number of carbonyl (C=O) groups is 2. The van der Waals surface area contributed by atoms with E-state index >= 15 is 0 Å². The van der Waals surface area contributed by atoms with Crippen LogP contribution in [0.5, 0.6) is 11.5 Å². The van der Waals surface area contributed by atoms with E-state index in [0.29, 0.717) is 22.6 Å². The molecular weight excluding hydrogens is 360 g/mol. The zero-order chi connectivity index (χ0) is 20.5. The van der Waals surface area contributed by atoms with Crippen LogP contribution >= 0.6 is 0 Å². The highest BCUT2D eigenvalue weighted by Crippen LogP contribution is 2.29. The molecule has 148 valence electrons. The Morgan fingerprint density at radius 3 is 2.04 bits per heavy atom. The predicted octanol–water partition coefficient (Wildman–Crippen LogP) is 3.84. The van der Waals surface area contributed by atoms with Gasteiger partial charge in [0.15, 0.2) is 0 Å². The summed E-state index contributed by atoms with van der Waals surface area (Å²) in [4.78, 5) is 22.7. The van der Waals surface area contributed by atoms with E-state index in [1.54, 1.807) is 13.8 Å². The van der Waals surface area contributed by atoms with Gasteiger partial charge in [0.05, 0.1) is 0 Å². The van der Waals surface area contributed by atoms with E-state index in [0.717, 1.165) is 10.8 Å². The van der Waals surface area contributed by atoms with Crippen LogP contribution in [0, 0.1) is 0 Å². The van der Waals surface area contributed by atoms with Gasteiger partial charge in [-0.15, -0.1) is 0 Å². The molecule has 0 N–H and O–H groups in total. The van der Waals surface area contributed by atoms with Gasteiger partial charge in [0, 0.05) is 16.5 Å². The normalized spacial score (nSPS) is 10.2. The van der Waals surface area contributed by atoms with E-state index in [2.05, 4.69) is 13.2 Å². The Balaban J connectivity index is 1.94. The maximum Gasteiger partial charge on any atom is 0.333 e. The minimum absolute atomic E-state index is 0.131. The fourth-order valence-electron chi connectivity index (χ4n) is 2.26. The van der Waals surface area contributed by atoms with Gasteiger partial charge in [0.2, 0.25) is 0 Å². The smallest absolute Gasteiger partial charge is 0.333 e. The molecule has 0 aliphatic carbocycles. The van der Waals surface area contributed by atoms with Crippen LogP contribution < -0.4 is 9.47 Å². The van der Waals surface area contributed by atoms with Crippen molar-refractivity contribution in [2.75, 3.05) is 26.4 Å². The quantitative estimate of drug-likeness (QED) is 0.352. The predicted molar refractivity (Wildman–Crippen MR) is 106 cm³/mol. The van der Waals surface area contributed by atoms with E-state index in [1.165, 1.54) is 0 Å². The van der Waals surface area contributed by atoms with Crippen molar-refractivity contribution in [3.63, 3.8) is 0 Å². The van der Waals surface area contributed by atoms with Gasteiger partial charge in [0.1, 0.15) is 37.9 Å². The number of hydrogen-bond acceptors (Lipinski definition) is 6. The highest BCUT2D eigenvalue weighted by Gasteiger charge is 2.07. The number of ether oxygens (including phenoxy) is 4. The number of hydrogen-bond donors (Lipinski definition) is 0. The largest absolute Gasteiger partial charge is 0.490 e. The Morgan fingerprint density at radius 2 is 1.43 bits per heavy atom. The summed E-state index contributed by atoms with van der Waals surface area (Å²) in [6.07, 6.45) is 0. The zero-order valence-electron chi connectivity index (χ0n) is 16.2. The van der Waals surface area contributed by atoms with E-state index in [1.807, 2.05) is 36.4 Å². The molecule has 28 heavy (non-hydrogen) atoms. The summed E-state index contributed by atoms with van der Waals surface area (Å²) < 4.78 is 21.4. The lowest BCUT2D eigenvalue weighted by atomic mass is 10.1. The molecule has 6 nitrogen and oxygen atoms in total. The summed E-state index contributed by atoms with van der Waals surface area (Å²) in [6.45, 7) is 11.0. The standard InChI is InChI=1S/C22H24O6/c1-15(2)21(23)27-12-10-25-18-9-8-17-6-5-7-20(19(17)14-18)26-11-13-28-22(24)16(3)4/h5-9,14H,1,3,10-13H2,2,4H3. The molecule has 0 atom stereocenters. The van der Waals surface area contributed by atoms with Gasteiger partial charge >= 0.3 is 11.9 Å². The highest BCUT2D eigenvalue weighted by atomic mass is 16.6. The fourth-order valence-corrected chi connectivity index (χ4v) is 2.26. The maximum atomic E-state index is 11.4. The van der Waals surface area contributed by atoms with E-state index < -0.39 is 11.9 Å². The summed E-state index contributed by atoms with van der Waals surface area (Å²) in [5.74, 6) is 0.404.